The van der Waals surface area contributed by atoms with E-state index in [-0.39, 0.29) is 0 Å². The fourth-order valence-corrected chi connectivity index (χ4v) is 2.83. The van der Waals surface area contributed by atoms with E-state index in [1.165, 1.54) is 38.9 Å². The van der Waals surface area contributed by atoms with E-state index < -0.39 is 0 Å². The van der Waals surface area contributed by atoms with E-state index in [1.807, 2.05) is 0 Å². The number of nitrogens with zero attached hydrogens (tertiary/aromatic N) is 1. The molecule has 2 rings (SSSR count). The van der Waals surface area contributed by atoms with Crippen LogP contribution in [-0.4, -0.2) is 30.6 Å². The topological polar surface area (TPSA) is 29.3 Å². The predicted molar refractivity (Wildman–Crippen MR) is 50.9 cm³/mol. The van der Waals surface area contributed by atoms with Crippen LogP contribution in [0.4, 0.5) is 0 Å². The van der Waals surface area contributed by atoms with Crippen LogP contribution in [0.25, 0.3) is 0 Å². The average molecular weight is 168 g/mol. The van der Waals surface area contributed by atoms with Crippen LogP contribution in [-0.2, 0) is 0 Å². The minimum atomic E-state index is 0.515. The van der Waals surface area contributed by atoms with Gasteiger partial charge >= 0.3 is 0 Å². The van der Waals surface area contributed by atoms with Crippen LogP contribution in [0.15, 0.2) is 0 Å². The van der Waals surface area contributed by atoms with Gasteiger partial charge in [-0.15, -0.1) is 0 Å². The van der Waals surface area contributed by atoms with Gasteiger partial charge in [-0.25, -0.2) is 0 Å². The summed E-state index contributed by atoms with van der Waals surface area (Å²) >= 11 is 0. The smallest absolute Gasteiger partial charge is 0.0120 e. The van der Waals surface area contributed by atoms with Gasteiger partial charge in [0.05, 0.1) is 0 Å². The van der Waals surface area contributed by atoms with Gasteiger partial charge in [0.1, 0.15) is 0 Å². The molecule has 2 aliphatic rings. The third kappa shape index (κ3) is 1.38. The first-order valence-electron chi connectivity index (χ1n) is 5.29. The maximum Gasteiger partial charge on any atom is 0.0120 e. The van der Waals surface area contributed by atoms with Gasteiger partial charge in [0, 0.05) is 19.1 Å². The maximum absolute atomic E-state index is 6.17. The molecule has 2 bridgehead atoms. The van der Waals surface area contributed by atoms with Crippen LogP contribution < -0.4 is 5.73 Å². The summed E-state index contributed by atoms with van der Waals surface area (Å²) < 4.78 is 0. The Bertz CT molecular complexity index is 144. The molecule has 2 atom stereocenters. The van der Waals surface area contributed by atoms with Gasteiger partial charge < -0.3 is 10.6 Å². The lowest BCUT2D eigenvalue weighted by atomic mass is 9.74. The molecule has 0 radical (unpaired) electrons. The third-order valence-corrected chi connectivity index (χ3v) is 3.67. The second kappa shape index (κ2) is 3.35. The molecule has 0 aromatic rings. The molecule has 0 aromatic heterocycles. The van der Waals surface area contributed by atoms with Crippen LogP contribution in [0.5, 0.6) is 0 Å². The fourth-order valence-electron chi connectivity index (χ4n) is 2.83. The molecule has 2 fully saturated rings. The zero-order valence-corrected chi connectivity index (χ0v) is 8.00. The summed E-state index contributed by atoms with van der Waals surface area (Å²) in [6, 6.07) is 0.515. The van der Waals surface area contributed by atoms with E-state index in [0.29, 0.717) is 6.04 Å². The van der Waals surface area contributed by atoms with E-state index in [2.05, 4.69) is 11.8 Å². The Hall–Kier alpha value is -0.0800. The van der Waals surface area contributed by atoms with Crippen molar-refractivity contribution in [1.29, 1.82) is 0 Å². The van der Waals surface area contributed by atoms with Gasteiger partial charge in [-0.2, -0.15) is 0 Å². The molecule has 0 unspecified atom stereocenters. The van der Waals surface area contributed by atoms with Crippen LogP contribution >= 0.6 is 0 Å². The van der Waals surface area contributed by atoms with Gasteiger partial charge in [-0.3, -0.25) is 0 Å². The monoisotopic (exact) mass is 168 g/mol. The molecule has 2 nitrogen and oxygen atoms in total. The van der Waals surface area contributed by atoms with Crippen molar-refractivity contribution in [2.75, 3.05) is 19.6 Å². The normalized spacial score (nSPS) is 43.0. The first kappa shape index (κ1) is 8.52. The number of fused-ring (bicyclic) bond motifs is 2. The summed E-state index contributed by atoms with van der Waals surface area (Å²) in [5.74, 6) is 1.61. The van der Waals surface area contributed by atoms with Gasteiger partial charge in [-0.05, 0) is 31.2 Å². The second-order valence-electron chi connectivity index (χ2n) is 4.38. The van der Waals surface area contributed by atoms with Crippen molar-refractivity contribution in [3.8, 4) is 0 Å². The van der Waals surface area contributed by atoms with E-state index in [4.69, 9.17) is 5.73 Å². The van der Waals surface area contributed by atoms with Crippen molar-refractivity contribution in [3.05, 3.63) is 0 Å². The lowest BCUT2D eigenvalue weighted by Crippen LogP contribution is -2.55. The van der Waals surface area contributed by atoms with Crippen molar-refractivity contribution in [2.45, 2.75) is 32.2 Å². The summed E-state index contributed by atoms with van der Waals surface area (Å²) in [4.78, 5) is 2.57. The summed E-state index contributed by atoms with van der Waals surface area (Å²) in [6.45, 7) is 5.98. The Morgan fingerprint density at radius 1 is 1.25 bits per heavy atom. The lowest BCUT2D eigenvalue weighted by Gasteiger charge is -2.45. The maximum atomic E-state index is 6.17. The highest BCUT2D eigenvalue weighted by atomic mass is 15.1. The minimum Gasteiger partial charge on any atom is -0.327 e. The molecular formula is C10H20N2. The number of hydrogen-bond donors (Lipinski definition) is 1. The Balaban J connectivity index is 2.02. The van der Waals surface area contributed by atoms with Crippen molar-refractivity contribution >= 4 is 0 Å². The second-order valence-corrected chi connectivity index (χ2v) is 4.38. The number of rotatable bonds is 1. The first-order chi connectivity index (χ1) is 5.81. The van der Waals surface area contributed by atoms with Crippen LogP contribution in [0.1, 0.15) is 26.2 Å². The Labute approximate surface area is 75.1 Å². The number of piperidine rings is 1. The highest BCUT2D eigenvalue weighted by molar-refractivity contribution is 4.92. The van der Waals surface area contributed by atoms with E-state index >= 15 is 0 Å². The Morgan fingerprint density at radius 2 is 1.83 bits per heavy atom. The van der Waals surface area contributed by atoms with Crippen molar-refractivity contribution < 1.29 is 0 Å². The largest absolute Gasteiger partial charge is 0.327 e. The van der Waals surface area contributed by atoms with Gasteiger partial charge in [0.25, 0.3) is 0 Å². The summed E-state index contributed by atoms with van der Waals surface area (Å²) in [6.07, 6.45) is 4.16. The van der Waals surface area contributed by atoms with E-state index in [0.717, 1.165) is 11.8 Å². The molecule has 2 N–H and O–H groups in total. The molecule has 2 heteroatoms. The molecule has 0 amide bonds. The van der Waals surface area contributed by atoms with Gasteiger partial charge in [-0.1, -0.05) is 13.3 Å². The van der Waals surface area contributed by atoms with Crippen LogP contribution in [0.3, 0.4) is 0 Å². The molecule has 1 aliphatic heterocycles. The molecular weight excluding hydrogens is 148 g/mol. The highest BCUT2D eigenvalue weighted by Gasteiger charge is 2.36. The van der Waals surface area contributed by atoms with Crippen LogP contribution in [0, 0.1) is 11.8 Å². The minimum absolute atomic E-state index is 0.515. The molecule has 0 aromatic carbocycles. The quantitative estimate of drug-likeness (QED) is 0.634. The number of nitrogens with two attached hydrogens (primary N) is 1. The average Bonchev–Trinajstić information content (AvgIpc) is 2.04. The van der Waals surface area contributed by atoms with Crippen LogP contribution in [0.2, 0.25) is 0 Å². The van der Waals surface area contributed by atoms with E-state index in [9.17, 15) is 0 Å². The SMILES string of the molecule is CCN1C[C@@H]2CCC[C@@H](C1)C2N. The molecule has 12 heavy (non-hydrogen) atoms. The standard InChI is InChI=1S/C10H20N2/c1-2-12-6-8-4-3-5-9(7-12)10(8)11/h8-10H,2-7,11H2,1H3/t8-,9-/m0/s1. The molecule has 1 saturated carbocycles. The molecule has 1 aliphatic carbocycles. The molecule has 0 spiro atoms. The van der Waals surface area contributed by atoms with Crippen molar-refractivity contribution in [1.82, 2.24) is 4.90 Å². The number of hydrogen-bond acceptors (Lipinski definition) is 2. The van der Waals surface area contributed by atoms with Gasteiger partial charge in [0.2, 0.25) is 0 Å². The summed E-state index contributed by atoms with van der Waals surface area (Å²) in [5.41, 5.74) is 6.17. The first-order valence-corrected chi connectivity index (χ1v) is 5.29. The predicted octanol–water partition coefficient (Wildman–Crippen LogP) is 1.07. The third-order valence-electron chi connectivity index (χ3n) is 3.67. The zero-order chi connectivity index (χ0) is 8.55. The van der Waals surface area contributed by atoms with Gasteiger partial charge in [0.15, 0.2) is 0 Å². The van der Waals surface area contributed by atoms with Crippen molar-refractivity contribution in [3.63, 3.8) is 0 Å². The summed E-state index contributed by atoms with van der Waals surface area (Å²) in [7, 11) is 0. The molecule has 1 saturated heterocycles. The van der Waals surface area contributed by atoms with E-state index in [1.54, 1.807) is 0 Å². The zero-order valence-electron chi connectivity index (χ0n) is 8.00. The summed E-state index contributed by atoms with van der Waals surface area (Å²) in [5, 5.41) is 0. The Kier molecular flexibility index (Phi) is 2.37. The Morgan fingerprint density at radius 3 is 2.33 bits per heavy atom. The molecule has 1 heterocycles. The number of likely N-dealkylation sites (tertiary alicyclic amines) is 1. The fraction of sp³-hybridized carbons (Fsp3) is 1.00. The van der Waals surface area contributed by atoms with Crippen molar-refractivity contribution in [2.24, 2.45) is 17.6 Å². The lowest BCUT2D eigenvalue weighted by molar-refractivity contribution is 0.0676. The highest BCUT2D eigenvalue weighted by Crippen LogP contribution is 2.33. The molecule has 70 valence electrons.